The van der Waals surface area contributed by atoms with Crippen molar-refractivity contribution in [2.75, 3.05) is 0 Å². The first kappa shape index (κ1) is 21.9. The first-order valence-electron chi connectivity index (χ1n) is 11.0. The van der Waals surface area contributed by atoms with Gasteiger partial charge in [0.05, 0.1) is 17.6 Å². The monoisotopic (exact) mass is 471 g/mol. The molecule has 0 aliphatic rings. The van der Waals surface area contributed by atoms with Crippen molar-refractivity contribution in [3.63, 3.8) is 0 Å². The van der Waals surface area contributed by atoms with E-state index in [2.05, 4.69) is 9.97 Å². The number of carboxylic acids is 1. The number of carbonyl (C=O) groups is 1. The van der Waals surface area contributed by atoms with Crippen LogP contribution in [0.25, 0.3) is 32.9 Å². The van der Waals surface area contributed by atoms with Gasteiger partial charge in [-0.2, -0.15) is 0 Å². The maximum Gasteiger partial charge on any atom is 0.353 e. The lowest BCUT2D eigenvalue weighted by atomic mass is 10.0. The summed E-state index contributed by atoms with van der Waals surface area (Å²) in [5.41, 5.74) is 4.39. The molecule has 5 rings (SSSR count). The van der Waals surface area contributed by atoms with E-state index in [1.54, 1.807) is 23.6 Å². The highest BCUT2D eigenvalue weighted by molar-refractivity contribution is 6.30. The number of carboxylic acid groups (broad SMARTS) is 1. The SMILES string of the molecule is CCc1ccc2c(c1)c(-c1ccc(C)[nH]c1=O)c(C(=O)O)n2Cc1cc2ccccc2nc1Cl. The average molecular weight is 472 g/mol. The van der Waals surface area contributed by atoms with Crippen LogP contribution in [0.1, 0.15) is 34.2 Å². The minimum atomic E-state index is -1.12. The fraction of sp³-hybridized carbons (Fsp3) is 0.148. The van der Waals surface area contributed by atoms with Crippen LogP contribution in [-0.4, -0.2) is 25.6 Å². The number of fused-ring (bicyclic) bond motifs is 2. The third kappa shape index (κ3) is 3.66. The lowest BCUT2D eigenvalue weighted by Gasteiger charge is -2.12. The number of para-hydroxylation sites is 1. The van der Waals surface area contributed by atoms with Crippen LogP contribution in [0.15, 0.2) is 65.5 Å². The van der Waals surface area contributed by atoms with Gasteiger partial charge in [-0.15, -0.1) is 0 Å². The third-order valence-electron chi connectivity index (χ3n) is 6.14. The topological polar surface area (TPSA) is 88.0 Å². The quantitative estimate of drug-likeness (QED) is 0.316. The number of hydrogen-bond acceptors (Lipinski definition) is 3. The minimum absolute atomic E-state index is 0.0434. The highest BCUT2D eigenvalue weighted by Gasteiger charge is 2.26. The summed E-state index contributed by atoms with van der Waals surface area (Å²) in [7, 11) is 0. The van der Waals surface area contributed by atoms with Crippen LogP contribution in [0, 0.1) is 6.92 Å². The van der Waals surface area contributed by atoms with Crippen LogP contribution in [0.4, 0.5) is 0 Å². The smallest absolute Gasteiger partial charge is 0.353 e. The van der Waals surface area contributed by atoms with Gasteiger partial charge in [0.1, 0.15) is 10.8 Å². The number of aryl methyl sites for hydroxylation is 2. The lowest BCUT2D eigenvalue weighted by molar-refractivity contribution is 0.0687. The molecule has 0 radical (unpaired) electrons. The molecule has 0 aliphatic carbocycles. The number of pyridine rings is 2. The van der Waals surface area contributed by atoms with Gasteiger partial charge in [-0.3, -0.25) is 4.79 Å². The molecule has 0 spiro atoms. The van der Waals surface area contributed by atoms with Crippen molar-refractivity contribution in [2.45, 2.75) is 26.8 Å². The Hall–Kier alpha value is -3.90. The normalized spacial score (nSPS) is 11.4. The number of hydrogen-bond donors (Lipinski definition) is 2. The summed E-state index contributed by atoms with van der Waals surface area (Å²) < 4.78 is 1.71. The molecule has 2 N–H and O–H groups in total. The van der Waals surface area contributed by atoms with Crippen molar-refractivity contribution in [2.24, 2.45) is 0 Å². The third-order valence-corrected chi connectivity index (χ3v) is 6.47. The number of aromatic amines is 1. The number of aromatic nitrogens is 3. The first-order chi connectivity index (χ1) is 16.4. The summed E-state index contributed by atoms with van der Waals surface area (Å²) in [6.45, 7) is 4.02. The minimum Gasteiger partial charge on any atom is -0.477 e. The number of aromatic carboxylic acids is 1. The molecule has 3 heterocycles. The van der Waals surface area contributed by atoms with E-state index in [1.807, 2.05) is 55.5 Å². The Kier molecular flexibility index (Phi) is 5.46. The van der Waals surface area contributed by atoms with Gasteiger partial charge in [-0.25, -0.2) is 9.78 Å². The van der Waals surface area contributed by atoms with Gasteiger partial charge < -0.3 is 14.7 Å². The maximum absolute atomic E-state index is 12.9. The summed E-state index contributed by atoms with van der Waals surface area (Å²) in [5, 5.41) is 12.3. The molecule has 3 aromatic heterocycles. The average Bonchev–Trinajstić information content (AvgIpc) is 3.13. The van der Waals surface area contributed by atoms with E-state index < -0.39 is 5.97 Å². The van der Waals surface area contributed by atoms with Crippen LogP contribution in [-0.2, 0) is 13.0 Å². The molecule has 0 atom stereocenters. The summed E-state index contributed by atoms with van der Waals surface area (Å²) in [5.74, 6) is -1.12. The largest absolute Gasteiger partial charge is 0.477 e. The molecule has 0 bridgehead atoms. The van der Waals surface area contributed by atoms with Crippen molar-refractivity contribution in [1.82, 2.24) is 14.5 Å². The second-order valence-electron chi connectivity index (χ2n) is 8.34. The highest BCUT2D eigenvalue weighted by atomic mass is 35.5. The second kappa shape index (κ2) is 8.47. The van der Waals surface area contributed by atoms with E-state index >= 15 is 0 Å². The Balaban J connectivity index is 1.82. The molecule has 170 valence electrons. The summed E-state index contributed by atoms with van der Waals surface area (Å²) in [4.78, 5) is 32.8. The summed E-state index contributed by atoms with van der Waals surface area (Å²) in [6, 6.07) is 18.9. The predicted octanol–water partition coefficient (Wildman–Crippen LogP) is 5.82. The van der Waals surface area contributed by atoms with E-state index in [0.717, 1.165) is 28.3 Å². The van der Waals surface area contributed by atoms with Gasteiger partial charge in [0.25, 0.3) is 5.56 Å². The number of H-pyrrole nitrogens is 1. The van der Waals surface area contributed by atoms with Crippen LogP contribution in [0.2, 0.25) is 5.15 Å². The van der Waals surface area contributed by atoms with E-state index in [0.29, 0.717) is 33.1 Å². The van der Waals surface area contributed by atoms with Crippen LogP contribution < -0.4 is 5.56 Å². The first-order valence-corrected chi connectivity index (χ1v) is 11.4. The molecular formula is C27H22ClN3O3. The van der Waals surface area contributed by atoms with E-state index in [9.17, 15) is 14.7 Å². The van der Waals surface area contributed by atoms with E-state index in [1.165, 1.54) is 0 Å². The van der Waals surface area contributed by atoms with E-state index in [4.69, 9.17) is 11.6 Å². The number of nitrogens with one attached hydrogen (secondary N) is 1. The zero-order valence-electron chi connectivity index (χ0n) is 18.7. The van der Waals surface area contributed by atoms with Gasteiger partial charge in [0, 0.05) is 33.1 Å². The zero-order chi connectivity index (χ0) is 24.0. The number of benzene rings is 2. The van der Waals surface area contributed by atoms with Crippen LogP contribution >= 0.6 is 11.6 Å². The van der Waals surface area contributed by atoms with Crippen molar-refractivity contribution in [3.05, 3.63) is 98.7 Å². The molecular weight excluding hydrogens is 450 g/mol. The Labute approximate surface area is 200 Å². The lowest BCUT2D eigenvalue weighted by Crippen LogP contribution is -2.14. The Morgan fingerprint density at radius 1 is 1.12 bits per heavy atom. The molecule has 0 fully saturated rings. The fourth-order valence-corrected chi connectivity index (χ4v) is 4.67. The molecule has 0 saturated heterocycles. The molecule has 0 amide bonds. The van der Waals surface area contributed by atoms with Crippen LogP contribution in [0.3, 0.4) is 0 Å². The number of halogens is 1. The number of nitrogens with zero attached hydrogens (tertiary/aromatic N) is 2. The Morgan fingerprint density at radius 2 is 1.91 bits per heavy atom. The second-order valence-corrected chi connectivity index (χ2v) is 8.69. The molecule has 5 aromatic rings. The van der Waals surface area contributed by atoms with Crippen molar-refractivity contribution < 1.29 is 9.90 Å². The summed E-state index contributed by atoms with van der Waals surface area (Å²) >= 11 is 6.52. The molecule has 7 heteroatoms. The van der Waals surface area contributed by atoms with Crippen molar-refractivity contribution >= 4 is 39.4 Å². The van der Waals surface area contributed by atoms with Crippen molar-refractivity contribution in [3.8, 4) is 11.1 Å². The van der Waals surface area contributed by atoms with Gasteiger partial charge in [0.15, 0.2) is 0 Å². The van der Waals surface area contributed by atoms with Gasteiger partial charge in [0.2, 0.25) is 0 Å². The predicted molar refractivity (Wildman–Crippen MR) is 135 cm³/mol. The van der Waals surface area contributed by atoms with Crippen LogP contribution in [0.5, 0.6) is 0 Å². The molecule has 34 heavy (non-hydrogen) atoms. The molecule has 0 unspecified atom stereocenters. The fourth-order valence-electron chi connectivity index (χ4n) is 4.47. The molecule has 2 aromatic carbocycles. The Morgan fingerprint density at radius 3 is 2.65 bits per heavy atom. The number of rotatable bonds is 5. The van der Waals surface area contributed by atoms with Crippen molar-refractivity contribution in [1.29, 1.82) is 0 Å². The highest BCUT2D eigenvalue weighted by Crippen LogP contribution is 2.36. The van der Waals surface area contributed by atoms with Gasteiger partial charge >= 0.3 is 5.97 Å². The molecule has 0 saturated carbocycles. The summed E-state index contributed by atoms with van der Waals surface area (Å²) in [6.07, 6.45) is 0.785. The van der Waals surface area contributed by atoms with Gasteiger partial charge in [-0.05, 0) is 55.3 Å². The molecule has 6 nitrogen and oxygen atoms in total. The van der Waals surface area contributed by atoms with Gasteiger partial charge in [-0.1, -0.05) is 42.8 Å². The maximum atomic E-state index is 12.9. The van der Waals surface area contributed by atoms with E-state index in [-0.39, 0.29) is 17.8 Å². The zero-order valence-corrected chi connectivity index (χ0v) is 19.5. The molecule has 0 aliphatic heterocycles. The standard InChI is InChI=1S/C27H22ClN3O3/c1-3-16-9-11-22-20(12-16)23(19-10-8-15(2)29-26(19)32)24(27(33)34)31(22)14-18-13-17-6-4-5-7-21(17)30-25(18)28/h4-13H,3,14H2,1-2H3,(H,29,32)(H,33,34). The Bertz CT molecular complexity index is 1650.